The summed E-state index contributed by atoms with van der Waals surface area (Å²) in [5, 5.41) is 11.0. The SMILES string of the molecule is CCCCCCCCCCc1ccccc1-c1cccc(O)c1C(C)(C)c1ccccc1. The lowest BCUT2D eigenvalue weighted by atomic mass is 9.74. The largest absolute Gasteiger partial charge is 0.508 e. The Morgan fingerprint density at radius 2 is 1.22 bits per heavy atom. The molecule has 0 spiro atoms. The zero-order chi connectivity index (χ0) is 22.8. The molecule has 0 atom stereocenters. The normalized spacial score (nSPS) is 11.6. The first-order valence-corrected chi connectivity index (χ1v) is 12.5. The monoisotopic (exact) mass is 428 g/mol. The fourth-order valence-corrected chi connectivity index (χ4v) is 4.87. The molecule has 0 heterocycles. The summed E-state index contributed by atoms with van der Waals surface area (Å²) in [6.07, 6.45) is 11.8. The van der Waals surface area contributed by atoms with Crippen LogP contribution in [0.15, 0.2) is 72.8 Å². The zero-order valence-electron chi connectivity index (χ0n) is 20.2. The Bertz CT molecular complexity index is 955. The highest BCUT2D eigenvalue weighted by molar-refractivity contribution is 5.75. The molecule has 32 heavy (non-hydrogen) atoms. The average Bonchev–Trinajstić information content (AvgIpc) is 2.81. The summed E-state index contributed by atoms with van der Waals surface area (Å²) in [7, 11) is 0. The lowest BCUT2D eigenvalue weighted by Gasteiger charge is -2.30. The van der Waals surface area contributed by atoms with Gasteiger partial charge in [-0.1, -0.05) is 132 Å². The van der Waals surface area contributed by atoms with Gasteiger partial charge in [-0.05, 0) is 41.2 Å². The van der Waals surface area contributed by atoms with Crippen LogP contribution in [0.3, 0.4) is 0 Å². The van der Waals surface area contributed by atoms with Crippen LogP contribution in [-0.2, 0) is 11.8 Å². The van der Waals surface area contributed by atoms with E-state index in [1.54, 1.807) is 0 Å². The number of hydrogen-bond acceptors (Lipinski definition) is 1. The van der Waals surface area contributed by atoms with Crippen molar-refractivity contribution in [2.24, 2.45) is 0 Å². The Labute approximate surface area is 195 Å². The van der Waals surface area contributed by atoms with E-state index in [-0.39, 0.29) is 5.41 Å². The van der Waals surface area contributed by atoms with Crippen molar-refractivity contribution < 1.29 is 5.11 Å². The van der Waals surface area contributed by atoms with Crippen LogP contribution < -0.4 is 0 Å². The molecule has 0 radical (unpaired) electrons. The predicted octanol–water partition coefficient (Wildman–Crippen LogP) is 9.07. The number of phenolic OH excluding ortho intramolecular Hbond substituents is 1. The quantitative estimate of drug-likeness (QED) is 0.285. The predicted molar refractivity (Wildman–Crippen MR) is 138 cm³/mol. The summed E-state index contributed by atoms with van der Waals surface area (Å²) in [5.41, 5.74) is 5.71. The third-order valence-electron chi connectivity index (χ3n) is 6.77. The first-order chi connectivity index (χ1) is 15.6. The minimum atomic E-state index is -0.298. The molecule has 1 nitrogen and oxygen atoms in total. The third kappa shape index (κ3) is 6.03. The number of rotatable bonds is 12. The molecule has 0 aliphatic rings. The standard InChI is InChI=1S/C31H40O/c1-4-5-6-7-8-9-10-12-18-25-19-15-16-22-27(25)28-23-17-24-29(32)30(28)31(2,3)26-20-13-11-14-21-26/h11,13-17,19-24,32H,4-10,12,18H2,1-3H3. The van der Waals surface area contributed by atoms with E-state index in [0.29, 0.717) is 5.75 Å². The number of aromatic hydroxyl groups is 1. The molecule has 0 unspecified atom stereocenters. The highest BCUT2D eigenvalue weighted by Gasteiger charge is 2.29. The van der Waals surface area contributed by atoms with Crippen LogP contribution in [0.5, 0.6) is 5.75 Å². The number of unbranched alkanes of at least 4 members (excludes halogenated alkanes) is 7. The Kier molecular flexibility index (Phi) is 8.97. The van der Waals surface area contributed by atoms with E-state index in [0.717, 1.165) is 17.5 Å². The van der Waals surface area contributed by atoms with Gasteiger partial charge in [0.1, 0.15) is 5.75 Å². The summed E-state index contributed by atoms with van der Waals surface area (Å²) < 4.78 is 0. The van der Waals surface area contributed by atoms with Crippen LogP contribution in [-0.4, -0.2) is 5.11 Å². The van der Waals surface area contributed by atoms with Gasteiger partial charge in [-0.25, -0.2) is 0 Å². The topological polar surface area (TPSA) is 20.2 Å². The van der Waals surface area contributed by atoms with Gasteiger partial charge in [0.15, 0.2) is 0 Å². The summed E-state index contributed by atoms with van der Waals surface area (Å²) in [6.45, 7) is 6.69. The molecule has 3 rings (SSSR count). The minimum Gasteiger partial charge on any atom is -0.508 e. The number of hydrogen-bond donors (Lipinski definition) is 1. The Morgan fingerprint density at radius 1 is 0.625 bits per heavy atom. The second kappa shape index (κ2) is 11.9. The lowest BCUT2D eigenvalue weighted by molar-refractivity contribution is 0.454. The molecule has 0 aromatic heterocycles. The van der Waals surface area contributed by atoms with E-state index < -0.39 is 0 Å². The molecule has 3 aromatic carbocycles. The van der Waals surface area contributed by atoms with Crippen molar-refractivity contribution in [3.05, 3.63) is 89.5 Å². The molecule has 0 saturated heterocycles. The molecule has 0 fully saturated rings. The summed E-state index contributed by atoms with van der Waals surface area (Å²) in [4.78, 5) is 0. The molecule has 1 N–H and O–H groups in total. The molecule has 0 saturated carbocycles. The van der Waals surface area contributed by atoms with Gasteiger partial charge in [0, 0.05) is 11.0 Å². The second-order valence-corrected chi connectivity index (χ2v) is 9.57. The van der Waals surface area contributed by atoms with Crippen molar-refractivity contribution in [1.82, 2.24) is 0 Å². The second-order valence-electron chi connectivity index (χ2n) is 9.57. The van der Waals surface area contributed by atoms with E-state index in [2.05, 4.69) is 75.4 Å². The van der Waals surface area contributed by atoms with E-state index in [1.807, 2.05) is 18.2 Å². The van der Waals surface area contributed by atoms with Crippen LogP contribution in [0.4, 0.5) is 0 Å². The summed E-state index contributed by atoms with van der Waals surface area (Å²) in [5.74, 6) is 0.373. The van der Waals surface area contributed by atoms with Gasteiger partial charge in [0.2, 0.25) is 0 Å². The van der Waals surface area contributed by atoms with Crippen LogP contribution >= 0.6 is 0 Å². The molecular weight excluding hydrogens is 388 g/mol. The molecule has 1 heteroatoms. The van der Waals surface area contributed by atoms with Crippen molar-refractivity contribution in [3.8, 4) is 16.9 Å². The van der Waals surface area contributed by atoms with Crippen LogP contribution in [0, 0.1) is 0 Å². The fraction of sp³-hybridized carbons (Fsp3) is 0.419. The zero-order valence-corrected chi connectivity index (χ0v) is 20.2. The summed E-state index contributed by atoms with van der Waals surface area (Å²) >= 11 is 0. The van der Waals surface area contributed by atoms with Crippen molar-refractivity contribution in [3.63, 3.8) is 0 Å². The Balaban J connectivity index is 1.80. The molecular formula is C31H40O. The van der Waals surface area contributed by atoms with Crippen LogP contribution in [0.25, 0.3) is 11.1 Å². The maximum Gasteiger partial charge on any atom is 0.120 e. The van der Waals surface area contributed by atoms with E-state index in [1.165, 1.54) is 68.1 Å². The fourth-order valence-electron chi connectivity index (χ4n) is 4.87. The lowest BCUT2D eigenvalue weighted by Crippen LogP contribution is -2.20. The molecule has 0 bridgehead atoms. The molecule has 170 valence electrons. The van der Waals surface area contributed by atoms with Crippen LogP contribution in [0.1, 0.15) is 88.8 Å². The molecule has 0 amide bonds. The molecule has 0 aliphatic heterocycles. The summed E-state index contributed by atoms with van der Waals surface area (Å²) in [6, 6.07) is 25.2. The Morgan fingerprint density at radius 3 is 1.94 bits per heavy atom. The minimum absolute atomic E-state index is 0.298. The maximum atomic E-state index is 11.0. The molecule has 3 aromatic rings. The number of aryl methyl sites for hydroxylation is 1. The van der Waals surface area contributed by atoms with Gasteiger partial charge in [0.25, 0.3) is 0 Å². The van der Waals surface area contributed by atoms with E-state index >= 15 is 0 Å². The van der Waals surface area contributed by atoms with Crippen molar-refractivity contribution in [1.29, 1.82) is 0 Å². The number of benzene rings is 3. The highest BCUT2D eigenvalue weighted by atomic mass is 16.3. The first-order valence-electron chi connectivity index (χ1n) is 12.5. The van der Waals surface area contributed by atoms with Gasteiger partial charge >= 0.3 is 0 Å². The van der Waals surface area contributed by atoms with Crippen molar-refractivity contribution >= 4 is 0 Å². The highest BCUT2D eigenvalue weighted by Crippen LogP contribution is 2.43. The van der Waals surface area contributed by atoms with Crippen molar-refractivity contribution in [2.45, 2.75) is 84.0 Å². The smallest absolute Gasteiger partial charge is 0.120 e. The van der Waals surface area contributed by atoms with Gasteiger partial charge < -0.3 is 5.11 Å². The van der Waals surface area contributed by atoms with Crippen LogP contribution in [0.2, 0.25) is 0 Å². The molecule has 0 aliphatic carbocycles. The van der Waals surface area contributed by atoms with Crippen molar-refractivity contribution in [2.75, 3.05) is 0 Å². The third-order valence-corrected chi connectivity index (χ3v) is 6.77. The maximum absolute atomic E-state index is 11.0. The number of phenols is 1. The van der Waals surface area contributed by atoms with Gasteiger partial charge in [-0.3, -0.25) is 0 Å². The van der Waals surface area contributed by atoms with E-state index in [9.17, 15) is 5.11 Å². The first kappa shape index (κ1) is 24.1. The average molecular weight is 429 g/mol. The van der Waals surface area contributed by atoms with Gasteiger partial charge in [-0.15, -0.1) is 0 Å². The Hall–Kier alpha value is -2.54. The van der Waals surface area contributed by atoms with Gasteiger partial charge in [0.05, 0.1) is 0 Å². The van der Waals surface area contributed by atoms with Gasteiger partial charge in [-0.2, -0.15) is 0 Å². The van der Waals surface area contributed by atoms with E-state index in [4.69, 9.17) is 0 Å².